The highest BCUT2D eigenvalue weighted by Crippen LogP contribution is 2.40. The van der Waals surface area contributed by atoms with E-state index in [0.29, 0.717) is 23.3 Å². The van der Waals surface area contributed by atoms with Crippen LogP contribution in [0, 0.1) is 0 Å². The Morgan fingerprint density at radius 1 is 0.766 bits per heavy atom. The van der Waals surface area contributed by atoms with E-state index in [9.17, 15) is 19.2 Å². The molecule has 4 aromatic rings. The summed E-state index contributed by atoms with van der Waals surface area (Å²) in [6.07, 6.45) is 1.68. The van der Waals surface area contributed by atoms with Gasteiger partial charge in [0.15, 0.2) is 23.0 Å². The molecule has 0 aliphatic carbocycles. The number of amides is 4. The van der Waals surface area contributed by atoms with Crippen LogP contribution >= 0.6 is 23.1 Å². The summed E-state index contributed by atoms with van der Waals surface area (Å²) in [5, 5.41) is 18.3. The predicted molar refractivity (Wildman–Crippen MR) is 175 cm³/mol. The average Bonchev–Trinajstić information content (AvgIpc) is 3.91. The van der Waals surface area contributed by atoms with Crippen molar-refractivity contribution in [1.29, 1.82) is 0 Å². The van der Waals surface area contributed by atoms with Crippen molar-refractivity contribution in [2.75, 3.05) is 63.5 Å². The Morgan fingerprint density at radius 3 is 1.70 bits per heavy atom. The number of carboxylic acids is 1. The van der Waals surface area contributed by atoms with Crippen LogP contribution in [0.2, 0.25) is 0 Å². The highest BCUT2D eigenvalue weighted by atomic mass is 32.1. The van der Waals surface area contributed by atoms with Gasteiger partial charge in [-0.1, -0.05) is 0 Å². The minimum absolute atomic E-state index is 0.0160. The molecular formula is C29H28N10O6S2. The van der Waals surface area contributed by atoms with E-state index in [1.807, 2.05) is 6.07 Å². The highest BCUT2D eigenvalue weighted by molar-refractivity contribution is 7.04. The van der Waals surface area contributed by atoms with Gasteiger partial charge in [0.25, 0.3) is 0 Å². The number of urea groups is 2. The van der Waals surface area contributed by atoms with Crippen LogP contribution in [-0.2, 0) is 4.74 Å². The lowest BCUT2D eigenvalue weighted by Crippen LogP contribution is -2.48. The zero-order valence-electron chi connectivity index (χ0n) is 24.9. The SMILES string of the molecule is COC(=O)c1ccc2c(n1)N(C(=O)Nc1ccsn1)[C@H]1CCN2C1.O=C(O)c1ccc2c(n1)N(C(=O)Nc1ccsn1)[C@H]1CCN2C1. The number of anilines is 6. The molecule has 0 unspecified atom stereocenters. The van der Waals surface area contributed by atoms with Crippen LogP contribution < -0.4 is 30.2 Å². The number of carboxylic acid groups (broad SMARTS) is 1. The second kappa shape index (κ2) is 12.4. The van der Waals surface area contributed by atoms with Crippen molar-refractivity contribution >= 4 is 81.7 Å². The fraction of sp³-hybridized carbons (Fsp3) is 0.310. The fourth-order valence-electron chi connectivity index (χ4n) is 6.17. The van der Waals surface area contributed by atoms with E-state index in [0.717, 1.165) is 50.4 Å². The third kappa shape index (κ3) is 5.76. The monoisotopic (exact) mass is 676 g/mol. The summed E-state index contributed by atoms with van der Waals surface area (Å²) in [5.74, 6) is 0.240. The van der Waals surface area contributed by atoms with Gasteiger partial charge >= 0.3 is 24.0 Å². The quantitative estimate of drug-likeness (QED) is 0.266. The van der Waals surface area contributed by atoms with Gasteiger partial charge in [0.2, 0.25) is 0 Å². The number of aromatic nitrogens is 4. The molecule has 16 nitrogen and oxygen atoms in total. The first kappa shape index (κ1) is 30.3. The van der Waals surface area contributed by atoms with E-state index in [4.69, 9.17) is 9.84 Å². The van der Waals surface area contributed by atoms with Crippen molar-refractivity contribution in [3.63, 3.8) is 0 Å². The van der Waals surface area contributed by atoms with Gasteiger partial charge in [-0.05, 0) is 72.3 Å². The molecular weight excluding hydrogens is 649 g/mol. The number of pyridine rings is 2. The van der Waals surface area contributed by atoms with E-state index < -0.39 is 11.9 Å². The molecule has 8 rings (SSSR count). The van der Waals surface area contributed by atoms with Gasteiger partial charge in [-0.2, -0.15) is 8.75 Å². The van der Waals surface area contributed by atoms with Crippen LogP contribution in [0.15, 0.2) is 47.2 Å². The zero-order chi connectivity index (χ0) is 32.7. The topological polar surface area (TPSA) is 186 Å². The van der Waals surface area contributed by atoms with E-state index in [2.05, 4.69) is 39.1 Å². The number of hydrogen-bond donors (Lipinski definition) is 3. The van der Waals surface area contributed by atoms with E-state index in [-0.39, 0.29) is 35.5 Å². The molecule has 4 bridgehead atoms. The number of ether oxygens (including phenoxy) is 1. The van der Waals surface area contributed by atoms with Crippen LogP contribution in [0.4, 0.5) is 44.2 Å². The molecule has 2 fully saturated rings. The molecule has 4 aliphatic rings. The first-order valence-electron chi connectivity index (χ1n) is 14.7. The normalized spacial score (nSPS) is 18.5. The second-order valence-corrected chi connectivity index (χ2v) is 12.4. The molecule has 0 aromatic carbocycles. The number of carbonyl (C=O) groups excluding carboxylic acids is 3. The van der Waals surface area contributed by atoms with Crippen molar-refractivity contribution in [2.24, 2.45) is 0 Å². The Bertz CT molecular complexity index is 1840. The highest BCUT2D eigenvalue weighted by Gasteiger charge is 2.42. The summed E-state index contributed by atoms with van der Waals surface area (Å²) in [7, 11) is 1.31. The molecule has 4 amide bonds. The molecule has 18 heteroatoms. The third-order valence-corrected chi connectivity index (χ3v) is 9.42. The first-order chi connectivity index (χ1) is 22.8. The van der Waals surface area contributed by atoms with E-state index in [1.165, 1.54) is 36.2 Å². The zero-order valence-corrected chi connectivity index (χ0v) is 26.5. The first-order valence-corrected chi connectivity index (χ1v) is 16.3. The average molecular weight is 677 g/mol. The summed E-state index contributed by atoms with van der Waals surface area (Å²) >= 11 is 2.52. The summed E-state index contributed by atoms with van der Waals surface area (Å²) in [6.45, 7) is 3.17. The summed E-state index contributed by atoms with van der Waals surface area (Å²) in [6, 6.07) is 9.48. The fourth-order valence-corrected chi connectivity index (χ4v) is 7.12. The molecule has 0 spiro atoms. The molecule has 2 saturated heterocycles. The molecule has 0 saturated carbocycles. The lowest BCUT2D eigenvalue weighted by molar-refractivity contribution is 0.0593. The van der Waals surface area contributed by atoms with Gasteiger partial charge in [0, 0.05) is 36.9 Å². The standard InChI is InChI=1S/C15H15N5O3S.C14H13N5O3S/c1-23-14(21)10-2-3-11-13(16-10)20(9-4-6-19(11)8-9)15(22)17-12-5-7-24-18-12;20-13(21)9-1-2-10-12(15-9)19(8-3-5-18(10)7-8)14(22)16-11-4-6-23-17-11/h2-3,5,7,9H,4,6,8H2,1H3,(H,17,18,22);1-2,4,6,8H,3,5,7H2,(H,20,21)(H,16,17,22)/t9-;8-/m00/s1. The van der Waals surface area contributed by atoms with Gasteiger partial charge in [-0.25, -0.2) is 29.1 Å². The lowest BCUT2D eigenvalue weighted by atomic mass is 10.2. The van der Waals surface area contributed by atoms with Gasteiger partial charge in [0.1, 0.15) is 11.6 Å². The van der Waals surface area contributed by atoms with Crippen molar-refractivity contribution in [2.45, 2.75) is 24.9 Å². The molecule has 0 radical (unpaired) electrons. The largest absolute Gasteiger partial charge is 0.477 e. The van der Waals surface area contributed by atoms with Crippen LogP contribution in [-0.4, -0.2) is 93.2 Å². The number of hydrogen-bond acceptors (Lipinski definition) is 13. The maximum absolute atomic E-state index is 12.8. The van der Waals surface area contributed by atoms with Gasteiger partial charge < -0.3 is 19.6 Å². The Morgan fingerprint density at radius 2 is 1.26 bits per heavy atom. The summed E-state index contributed by atoms with van der Waals surface area (Å²) in [4.78, 5) is 64.5. The lowest BCUT2D eigenvalue weighted by Gasteiger charge is -2.35. The van der Waals surface area contributed by atoms with E-state index >= 15 is 0 Å². The number of esters is 1. The maximum Gasteiger partial charge on any atom is 0.356 e. The molecule has 4 aliphatic heterocycles. The Kier molecular flexibility index (Phi) is 8.02. The number of fused-ring (bicyclic) bond motifs is 8. The molecule has 8 heterocycles. The van der Waals surface area contributed by atoms with Gasteiger partial charge in [-0.3, -0.25) is 20.4 Å². The number of nitrogens with zero attached hydrogens (tertiary/aromatic N) is 8. The second-order valence-electron chi connectivity index (χ2n) is 11.0. The molecule has 4 aromatic heterocycles. The number of aromatic carboxylic acids is 1. The van der Waals surface area contributed by atoms with E-state index in [1.54, 1.807) is 44.8 Å². The molecule has 2 atom stereocenters. The number of carbonyl (C=O) groups is 4. The summed E-state index contributed by atoms with van der Waals surface area (Å²) in [5.41, 5.74) is 1.75. The van der Waals surface area contributed by atoms with Crippen molar-refractivity contribution < 1.29 is 29.0 Å². The minimum Gasteiger partial charge on any atom is -0.477 e. The smallest absolute Gasteiger partial charge is 0.356 e. The van der Waals surface area contributed by atoms with Crippen LogP contribution in [0.3, 0.4) is 0 Å². The molecule has 242 valence electrons. The van der Waals surface area contributed by atoms with Crippen LogP contribution in [0.25, 0.3) is 0 Å². The Balaban J connectivity index is 0.000000150. The van der Waals surface area contributed by atoms with Crippen LogP contribution in [0.1, 0.15) is 33.8 Å². The number of nitrogens with one attached hydrogen (secondary N) is 2. The summed E-state index contributed by atoms with van der Waals surface area (Å²) < 4.78 is 12.9. The van der Waals surface area contributed by atoms with Crippen molar-refractivity contribution in [3.8, 4) is 0 Å². The Labute approximate surface area is 275 Å². The van der Waals surface area contributed by atoms with Gasteiger partial charge in [0.05, 0.1) is 30.6 Å². The molecule has 3 N–H and O–H groups in total. The van der Waals surface area contributed by atoms with Crippen molar-refractivity contribution in [3.05, 3.63) is 58.5 Å². The number of rotatable bonds is 4. The predicted octanol–water partition coefficient (Wildman–Crippen LogP) is 3.82. The van der Waals surface area contributed by atoms with Gasteiger partial charge in [-0.15, -0.1) is 0 Å². The maximum atomic E-state index is 12.8. The third-order valence-electron chi connectivity index (χ3n) is 8.30. The molecule has 47 heavy (non-hydrogen) atoms. The Hall–Kier alpha value is -5.36. The number of methoxy groups -OCH3 is 1. The van der Waals surface area contributed by atoms with Crippen molar-refractivity contribution in [1.82, 2.24) is 18.7 Å². The minimum atomic E-state index is -1.11. The van der Waals surface area contributed by atoms with Crippen LogP contribution in [0.5, 0.6) is 0 Å².